The third kappa shape index (κ3) is 4.56. The lowest BCUT2D eigenvalue weighted by molar-refractivity contribution is -0.120. The summed E-state index contributed by atoms with van der Waals surface area (Å²) in [5.41, 5.74) is 0.829. The summed E-state index contributed by atoms with van der Waals surface area (Å²) >= 11 is 0. The van der Waals surface area contributed by atoms with Gasteiger partial charge in [0, 0.05) is 12.1 Å². The fourth-order valence-electron chi connectivity index (χ4n) is 3.02. The molecule has 0 radical (unpaired) electrons. The Morgan fingerprint density at radius 1 is 1.38 bits per heavy atom. The fourth-order valence-corrected chi connectivity index (χ4v) is 3.02. The molecule has 1 aromatic rings. The molecule has 5 nitrogen and oxygen atoms in total. The van der Waals surface area contributed by atoms with Crippen LogP contribution in [0.5, 0.6) is 0 Å². The zero-order valence-corrected chi connectivity index (χ0v) is 13.3. The van der Waals surface area contributed by atoms with E-state index in [1.54, 1.807) is 6.20 Å². The molecule has 1 aliphatic heterocycles. The van der Waals surface area contributed by atoms with Gasteiger partial charge in [-0.05, 0) is 38.8 Å². The van der Waals surface area contributed by atoms with Gasteiger partial charge in [-0.25, -0.2) is 0 Å². The first-order valence-electron chi connectivity index (χ1n) is 8.30. The topological polar surface area (TPSA) is 59.0 Å². The first kappa shape index (κ1) is 16.0. The molecule has 0 aromatic carbocycles. The lowest BCUT2D eigenvalue weighted by Crippen LogP contribution is -2.29. The van der Waals surface area contributed by atoms with Crippen molar-refractivity contribution in [3.63, 3.8) is 0 Å². The highest BCUT2D eigenvalue weighted by Crippen LogP contribution is 2.21. The number of anilines is 1. The van der Waals surface area contributed by atoms with Crippen molar-refractivity contribution in [1.29, 1.82) is 0 Å². The summed E-state index contributed by atoms with van der Waals surface area (Å²) in [6, 6.07) is 0.457. The lowest BCUT2D eigenvalue weighted by atomic mass is 9.97. The van der Waals surface area contributed by atoms with Crippen molar-refractivity contribution in [3.05, 3.63) is 12.4 Å². The molecule has 1 aliphatic rings. The van der Waals surface area contributed by atoms with Crippen LogP contribution >= 0.6 is 0 Å². The van der Waals surface area contributed by atoms with Gasteiger partial charge in [-0.2, -0.15) is 5.10 Å². The van der Waals surface area contributed by atoms with Crippen molar-refractivity contribution in [3.8, 4) is 0 Å². The molecule has 2 heterocycles. The predicted octanol–water partition coefficient (Wildman–Crippen LogP) is 2.96. The third-order valence-electron chi connectivity index (χ3n) is 4.20. The monoisotopic (exact) mass is 292 g/mol. The van der Waals surface area contributed by atoms with Crippen LogP contribution in [0, 0.1) is 5.92 Å². The normalized spacial score (nSPS) is 16.3. The van der Waals surface area contributed by atoms with Crippen LogP contribution in [0.4, 0.5) is 5.69 Å². The minimum atomic E-state index is 0.127. The summed E-state index contributed by atoms with van der Waals surface area (Å²) in [5, 5.41) is 10.8. The van der Waals surface area contributed by atoms with E-state index in [4.69, 9.17) is 0 Å². The fraction of sp³-hybridized carbons (Fsp3) is 0.750. The first-order chi connectivity index (χ1) is 10.2. The highest BCUT2D eigenvalue weighted by molar-refractivity contribution is 5.92. The number of nitrogens with zero attached hydrogens (tertiary/aromatic N) is 2. The number of carbonyl (C=O) groups excluding carboxylic acids is 1. The summed E-state index contributed by atoms with van der Waals surface area (Å²) in [6.07, 6.45) is 9.97. The number of aromatic nitrogens is 2. The van der Waals surface area contributed by atoms with E-state index in [9.17, 15) is 4.79 Å². The van der Waals surface area contributed by atoms with Crippen LogP contribution in [-0.2, 0) is 4.79 Å². The Bertz CT molecular complexity index is 431. The van der Waals surface area contributed by atoms with E-state index in [0.29, 0.717) is 6.04 Å². The van der Waals surface area contributed by atoms with Crippen LogP contribution in [0.3, 0.4) is 0 Å². The van der Waals surface area contributed by atoms with E-state index >= 15 is 0 Å². The summed E-state index contributed by atoms with van der Waals surface area (Å²) in [7, 11) is 0. The number of piperidine rings is 1. The summed E-state index contributed by atoms with van der Waals surface area (Å²) in [5.74, 6) is 0.269. The molecule has 1 amide bonds. The predicted molar refractivity (Wildman–Crippen MR) is 85.3 cm³/mol. The molecular formula is C16H28N4O. The van der Waals surface area contributed by atoms with Crippen molar-refractivity contribution >= 4 is 11.6 Å². The Morgan fingerprint density at radius 3 is 2.67 bits per heavy atom. The Kier molecular flexibility index (Phi) is 6.23. The molecule has 0 atom stereocenters. The van der Waals surface area contributed by atoms with Gasteiger partial charge in [0.2, 0.25) is 5.91 Å². The summed E-state index contributed by atoms with van der Waals surface area (Å²) in [6.45, 7) is 6.35. The SMILES string of the molecule is CCCC(CCC)C(=O)Nc1cnn(C2CCNCC2)c1. The van der Waals surface area contributed by atoms with Crippen molar-refractivity contribution in [1.82, 2.24) is 15.1 Å². The molecule has 2 N–H and O–H groups in total. The molecule has 1 saturated heterocycles. The maximum atomic E-state index is 12.3. The third-order valence-corrected chi connectivity index (χ3v) is 4.20. The van der Waals surface area contributed by atoms with Crippen molar-refractivity contribution in [2.75, 3.05) is 18.4 Å². The molecule has 0 aliphatic carbocycles. The van der Waals surface area contributed by atoms with Gasteiger partial charge in [-0.15, -0.1) is 0 Å². The molecule has 1 aromatic heterocycles. The van der Waals surface area contributed by atoms with Crippen molar-refractivity contribution in [2.45, 2.75) is 58.4 Å². The molecule has 118 valence electrons. The van der Waals surface area contributed by atoms with Gasteiger partial charge >= 0.3 is 0 Å². The van der Waals surface area contributed by atoms with Gasteiger partial charge in [0.25, 0.3) is 0 Å². The second kappa shape index (κ2) is 8.17. The van der Waals surface area contributed by atoms with Crippen LogP contribution in [0.2, 0.25) is 0 Å². The smallest absolute Gasteiger partial charge is 0.227 e. The summed E-state index contributed by atoms with van der Waals surface area (Å²) in [4.78, 5) is 12.3. The van der Waals surface area contributed by atoms with E-state index in [1.807, 2.05) is 10.9 Å². The Hall–Kier alpha value is -1.36. The van der Waals surface area contributed by atoms with Gasteiger partial charge in [0.05, 0.1) is 17.9 Å². The molecule has 2 rings (SSSR count). The minimum absolute atomic E-state index is 0.127. The van der Waals surface area contributed by atoms with Crippen LogP contribution in [-0.4, -0.2) is 28.8 Å². The molecule has 1 fully saturated rings. The Morgan fingerprint density at radius 2 is 2.05 bits per heavy atom. The molecule has 0 bridgehead atoms. The van der Waals surface area contributed by atoms with E-state index in [0.717, 1.165) is 57.3 Å². The quantitative estimate of drug-likeness (QED) is 0.812. The van der Waals surface area contributed by atoms with Gasteiger partial charge in [0.15, 0.2) is 0 Å². The second-order valence-corrected chi connectivity index (χ2v) is 5.95. The average Bonchev–Trinajstić information content (AvgIpc) is 2.96. The van der Waals surface area contributed by atoms with Gasteiger partial charge in [-0.3, -0.25) is 9.48 Å². The van der Waals surface area contributed by atoms with Gasteiger partial charge in [-0.1, -0.05) is 26.7 Å². The van der Waals surface area contributed by atoms with Crippen molar-refractivity contribution in [2.24, 2.45) is 5.92 Å². The van der Waals surface area contributed by atoms with Crippen LogP contribution in [0.15, 0.2) is 12.4 Å². The van der Waals surface area contributed by atoms with E-state index < -0.39 is 0 Å². The maximum Gasteiger partial charge on any atom is 0.227 e. The second-order valence-electron chi connectivity index (χ2n) is 5.95. The number of hydrogen-bond acceptors (Lipinski definition) is 3. The summed E-state index contributed by atoms with van der Waals surface area (Å²) < 4.78 is 2.01. The zero-order chi connectivity index (χ0) is 15.1. The largest absolute Gasteiger partial charge is 0.323 e. The highest BCUT2D eigenvalue weighted by Gasteiger charge is 2.19. The van der Waals surface area contributed by atoms with Crippen LogP contribution in [0.1, 0.15) is 58.4 Å². The highest BCUT2D eigenvalue weighted by atomic mass is 16.1. The Balaban J connectivity index is 1.92. The lowest BCUT2D eigenvalue weighted by Gasteiger charge is -2.22. The maximum absolute atomic E-state index is 12.3. The van der Waals surface area contributed by atoms with E-state index in [2.05, 4.69) is 29.6 Å². The first-order valence-corrected chi connectivity index (χ1v) is 8.30. The number of carbonyl (C=O) groups is 1. The van der Waals surface area contributed by atoms with Gasteiger partial charge in [0.1, 0.15) is 0 Å². The van der Waals surface area contributed by atoms with Crippen LogP contribution < -0.4 is 10.6 Å². The molecule has 0 saturated carbocycles. The number of rotatable bonds is 7. The molecule has 0 spiro atoms. The standard InChI is InChI=1S/C16H28N4O/c1-3-5-13(6-4-2)16(21)19-14-11-18-20(12-14)15-7-9-17-10-8-15/h11-13,15,17H,3-10H2,1-2H3,(H,19,21). The number of amides is 1. The zero-order valence-electron chi connectivity index (χ0n) is 13.3. The van der Waals surface area contributed by atoms with Crippen molar-refractivity contribution < 1.29 is 4.79 Å². The van der Waals surface area contributed by atoms with E-state index in [-0.39, 0.29) is 11.8 Å². The Labute approximate surface area is 127 Å². The molecule has 0 unspecified atom stereocenters. The van der Waals surface area contributed by atoms with Crippen LogP contribution in [0.25, 0.3) is 0 Å². The molecular weight excluding hydrogens is 264 g/mol. The molecule has 5 heteroatoms. The number of hydrogen-bond donors (Lipinski definition) is 2. The molecule has 21 heavy (non-hydrogen) atoms. The number of nitrogens with one attached hydrogen (secondary N) is 2. The van der Waals surface area contributed by atoms with Gasteiger partial charge < -0.3 is 10.6 Å². The average molecular weight is 292 g/mol. The van der Waals surface area contributed by atoms with E-state index in [1.165, 1.54) is 0 Å². The minimum Gasteiger partial charge on any atom is -0.323 e.